The highest BCUT2D eigenvalue weighted by Crippen LogP contribution is 2.23. The van der Waals surface area contributed by atoms with Crippen LogP contribution in [-0.4, -0.2) is 55.0 Å². The van der Waals surface area contributed by atoms with Crippen molar-refractivity contribution in [3.8, 4) is 0 Å². The zero-order valence-corrected chi connectivity index (χ0v) is 11.9. The Bertz CT molecular complexity index is 384. The minimum Gasteiger partial charge on any atom is -0.467 e. The number of methoxy groups -OCH3 is 1. The van der Waals surface area contributed by atoms with Crippen molar-refractivity contribution >= 4 is 23.6 Å². The van der Waals surface area contributed by atoms with Crippen LogP contribution in [0.3, 0.4) is 0 Å². The van der Waals surface area contributed by atoms with Crippen LogP contribution in [0, 0.1) is 5.92 Å². The first-order valence-electron chi connectivity index (χ1n) is 6.01. The second-order valence-corrected chi connectivity index (χ2v) is 5.34. The summed E-state index contributed by atoms with van der Waals surface area (Å²) in [5, 5.41) is 3.49. The molecule has 1 rings (SSSR count). The van der Waals surface area contributed by atoms with Gasteiger partial charge in [-0.2, -0.15) is 11.8 Å². The van der Waals surface area contributed by atoms with Gasteiger partial charge in [0.15, 0.2) is 0 Å². The number of hydrogen-bond donors (Lipinski definition) is 0. The number of nitrogens with zero attached hydrogens (tertiary/aromatic N) is 4. The molecule has 1 saturated heterocycles. The smallest absolute Gasteiger partial charge is 0.328 e. The van der Waals surface area contributed by atoms with E-state index in [1.165, 1.54) is 7.11 Å². The zero-order chi connectivity index (χ0) is 14.3. The fourth-order valence-corrected chi connectivity index (χ4v) is 2.61. The third-order valence-corrected chi connectivity index (χ3v) is 3.73. The first kappa shape index (κ1) is 15.7. The normalized spacial score (nSPS) is 20.0. The van der Waals surface area contributed by atoms with Gasteiger partial charge in [0, 0.05) is 24.4 Å². The molecule has 7 nitrogen and oxygen atoms in total. The van der Waals surface area contributed by atoms with Crippen LogP contribution in [0.2, 0.25) is 0 Å². The number of azide groups is 1. The summed E-state index contributed by atoms with van der Waals surface area (Å²) >= 11 is 1.62. The summed E-state index contributed by atoms with van der Waals surface area (Å²) in [7, 11) is 1.33. The van der Waals surface area contributed by atoms with Crippen molar-refractivity contribution in [2.24, 2.45) is 11.0 Å². The van der Waals surface area contributed by atoms with Crippen LogP contribution >= 0.6 is 11.8 Å². The van der Waals surface area contributed by atoms with Gasteiger partial charge < -0.3 is 9.64 Å². The minimum absolute atomic E-state index is 0.00941. The lowest BCUT2D eigenvalue weighted by Crippen LogP contribution is -2.43. The molecule has 8 heteroatoms. The van der Waals surface area contributed by atoms with Crippen LogP contribution in [0.4, 0.5) is 0 Å². The topological polar surface area (TPSA) is 95.4 Å². The fraction of sp³-hybridized carbons (Fsp3) is 0.818. The Labute approximate surface area is 116 Å². The number of carbonyl (C=O) groups is 2. The maximum Gasteiger partial charge on any atom is 0.328 e. The lowest BCUT2D eigenvalue weighted by Gasteiger charge is -2.25. The molecule has 0 aromatic carbocycles. The van der Waals surface area contributed by atoms with Crippen molar-refractivity contribution in [3.63, 3.8) is 0 Å². The minimum atomic E-state index is -0.527. The van der Waals surface area contributed by atoms with Crippen molar-refractivity contribution in [2.45, 2.75) is 18.9 Å². The van der Waals surface area contributed by atoms with E-state index in [1.54, 1.807) is 16.7 Å². The first-order valence-corrected chi connectivity index (χ1v) is 7.40. The lowest BCUT2D eigenvalue weighted by molar-refractivity contribution is -0.151. The molecule has 1 aliphatic rings. The summed E-state index contributed by atoms with van der Waals surface area (Å²) in [4.78, 5) is 28.0. The Hall–Kier alpha value is -1.40. The molecule has 1 amide bonds. The maximum atomic E-state index is 11.9. The third-order valence-electron chi connectivity index (χ3n) is 3.09. The molecule has 19 heavy (non-hydrogen) atoms. The highest BCUT2D eigenvalue weighted by Gasteiger charge is 2.37. The van der Waals surface area contributed by atoms with E-state index in [0.717, 1.165) is 5.75 Å². The zero-order valence-electron chi connectivity index (χ0n) is 11.1. The molecule has 0 radical (unpaired) electrons. The number of esters is 1. The molecule has 0 bridgehead atoms. The van der Waals surface area contributed by atoms with E-state index in [-0.39, 0.29) is 24.3 Å². The Kier molecular flexibility index (Phi) is 6.52. The Morgan fingerprint density at radius 3 is 3.05 bits per heavy atom. The molecule has 106 valence electrons. The van der Waals surface area contributed by atoms with Gasteiger partial charge in [-0.25, -0.2) is 4.79 Å². The molecular weight excluding hydrogens is 268 g/mol. The summed E-state index contributed by atoms with van der Waals surface area (Å²) in [6, 6.07) is -0.527. The summed E-state index contributed by atoms with van der Waals surface area (Å²) in [5.41, 5.74) is 8.29. The molecule has 0 spiro atoms. The maximum absolute atomic E-state index is 11.9. The second-order valence-electron chi connectivity index (χ2n) is 4.35. The van der Waals surface area contributed by atoms with E-state index >= 15 is 0 Å². The molecule has 2 atom stereocenters. The van der Waals surface area contributed by atoms with E-state index in [1.807, 2.05) is 6.26 Å². The van der Waals surface area contributed by atoms with Crippen LogP contribution in [-0.2, 0) is 14.3 Å². The average molecular weight is 286 g/mol. The molecule has 1 heterocycles. The van der Waals surface area contributed by atoms with Crippen molar-refractivity contribution in [2.75, 3.05) is 32.2 Å². The van der Waals surface area contributed by atoms with Gasteiger partial charge in [-0.3, -0.25) is 4.79 Å². The number of amides is 1. The Morgan fingerprint density at radius 1 is 1.74 bits per heavy atom. The monoisotopic (exact) mass is 286 g/mol. The second kappa shape index (κ2) is 7.91. The first-order chi connectivity index (χ1) is 9.13. The Morgan fingerprint density at radius 2 is 2.47 bits per heavy atom. The number of thioether (sulfide) groups is 1. The summed E-state index contributed by atoms with van der Waals surface area (Å²) in [6.45, 7) is 0.737. The van der Waals surface area contributed by atoms with Gasteiger partial charge in [0.25, 0.3) is 0 Å². The lowest BCUT2D eigenvalue weighted by atomic mass is 10.1. The predicted molar refractivity (Wildman–Crippen MR) is 72.6 cm³/mol. The highest BCUT2D eigenvalue weighted by molar-refractivity contribution is 7.98. The molecule has 1 aliphatic heterocycles. The van der Waals surface area contributed by atoms with Gasteiger partial charge in [-0.15, -0.1) is 0 Å². The van der Waals surface area contributed by atoms with Crippen LogP contribution in [0.15, 0.2) is 5.11 Å². The standard InChI is InChI=1S/C11H18N4O3S/c1-18-11(17)9(3-4-19-2)15-7-8(5-10(15)16)6-13-14-12/h8-9H,3-7H2,1-2H3. The van der Waals surface area contributed by atoms with E-state index < -0.39 is 6.04 Å². The largest absolute Gasteiger partial charge is 0.467 e. The Balaban J connectivity index is 2.70. The molecule has 0 aliphatic carbocycles. The third kappa shape index (κ3) is 4.33. The van der Waals surface area contributed by atoms with Crippen molar-refractivity contribution in [1.82, 2.24) is 4.90 Å². The molecule has 0 saturated carbocycles. The van der Waals surface area contributed by atoms with Gasteiger partial charge in [-0.1, -0.05) is 5.11 Å². The van der Waals surface area contributed by atoms with Crippen LogP contribution in [0.25, 0.3) is 10.4 Å². The number of ether oxygens (including phenoxy) is 1. The van der Waals surface area contributed by atoms with Gasteiger partial charge in [0.1, 0.15) is 6.04 Å². The van der Waals surface area contributed by atoms with E-state index in [0.29, 0.717) is 19.4 Å². The van der Waals surface area contributed by atoms with Gasteiger partial charge in [0.05, 0.1) is 7.11 Å². The van der Waals surface area contributed by atoms with E-state index in [9.17, 15) is 9.59 Å². The van der Waals surface area contributed by atoms with E-state index in [4.69, 9.17) is 10.3 Å². The fourth-order valence-electron chi connectivity index (χ4n) is 2.15. The number of likely N-dealkylation sites (tertiary alicyclic amines) is 1. The predicted octanol–water partition coefficient (Wildman–Crippen LogP) is 1.44. The number of rotatable bonds is 7. The summed E-state index contributed by atoms with van der Waals surface area (Å²) in [5.74, 6) is 0.316. The van der Waals surface area contributed by atoms with Crippen LogP contribution in [0.1, 0.15) is 12.8 Å². The van der Waals surface area contributed by atoms with Crippen LogP contribution < -0.4 is 0 Å². The SMILES string of the molecule is COC(=O)C(CCSC)N1CC(CN=[N+]=[N-])CC1=O. The number of carbonyl (C=O) groups excluding carboxylic acids is 2. The van der Waals surface area contributed by atoms with Gasteiger partial charge in [0.2, 0.25) is 5.91 Å². The molecule has 0 aromatic heterocycles. The molecule has 0 N–H and O–H groups in total. The van der Waals surface area contributed by atoms with Gasteiger partial charge >= 0.3 is 5.97 Å². The summed E-state index contributed by atoms with van der Waals surface area (Å²) < 4.78 is 4.76. The van der Waals surface area contributed by atoms with Crippen molar-refractivity contribution in [1.29, 1.82) is 0 Å². The molecular formula is C11H18N4O3S. The van der Waals surface area contributed by atoms with Crippen molar-refractivity contribution in [3.05, 3.63) is 10.4 Å². The highest BCUT2D eigenvalue weighted by atomic mass is 32.2. The number of hydrogen-bond acceptors (Lipinski definition) is 5. The molecule has 0 aromatic rings. The quantitative estimate of drug-likeness (QED) is 0.306. The van der Waals surface area contributed by atoms with Gasteiger partial charge in [-0.05, 0) is 29.9 Å². The molecule has 2 unspecified atom stereocenters. The van der Waals surface area contributed by atoms with E-state index in [2.05, 4.69) is 10.0 Å². The van der Waals surface area contributed by atoms with Crippen molar-refractivity contribution < 1.29 is 14.3 Å². The average Bonchev–Trinajstić information content (AvgIpc) is 2.77. The molecule has 1 fully saturated rings. The van der Waals surface area contributed by atoms with Crippen LogP contribution in [0.5, 0.6) is 0 Å². The summed E-state index contributed by atoms with van der Waals surface area (Å²) in [6.07, 6.45) is 2.85.